The highest BCUT2D eigenvalue weighted by molar-refractivity contribution is 6.07. The number of fused-ring (bicyclic) bond motifs is 3. The van der Waals surface area contributed by atoms with Gasteiger partial charge in [0.25, 0.3) is 5.91 Å². The Morgan fingerprint density at radius 2 is 1.96 bits per heavy atom. The van der Waals surface area contributed by atoms with Crippen LogP contribution in [0.5, 0.6) is 5.75 Å². The largest absolute Gasteiger partial charge is 0.492 e. The molecular weight excluding hydrogens is 350 g/mol. The first-order chi connectivity index (χ1) is 13.6. The van der Waals surface area contributed by atoms with Gasteiger partial charge < -0.3 is 19.9 Å². The van der Waals surface area contributed by atoms with Crippen molar-refractivity contribution in [3.63, 3.8) is 0 Å². The second kappa shape index (κ2) is 6.38. The fraction of sp³-hybridized carbons (Fsp3) is 0.348. The number of nitrogens with zero attached hydrogens (tertiary/aromatic N) is 2. The maximum atomic E-state index is 13.2. The third kappa shape index (κ3) is 2.53. The van der Waals surface area contributed by atoms with Crippen molar-refractivity contribution in [1.29, 1.82) is 0 Å². The third-order valence-corrected chi connectivity index (χ3v) is 6.49. The van der Waals surface area contributed by atoms with Crippen LogP contribution in [0.15, 0.2) is 48.7 Å². The number of carbonyl (C=O) groups excluding carboxylic acids is 1. The lowest BCUT2D eigenvalue weighted by Crippen LogP contribution is -2.46. The molecule has 1 fully saturated rings. The van der Waals surface area contributed by atoms with Crippen LogP contribution in [0, 0.1) is 0 Å². The number of likely N-dealkylation sites (tertiary alicyclic amines) is 1. The summed E-state index contributed by atoms with van der Waals surface area (Å²) in [5.41, 5.74) is 10.1. The predicted octanol–water partition coefficient (Wildman–Crippen LogP) is 3.20. The summed E-state index contributed by atoms with van der Waals surface area (Å²) < 4.78 is 8.02. The summed E-state index contributed by atoms with van der Waals surface area (Å²) in [6.45, 7) is 2.73. The average molecular weight is 375 g/mol. The standard InChI is InChI=1S/C23H25N3O2/c1-25-14-18(17-4-2-3-5-20(17)25)22(27)26-10-8-23(9-11-26)15-28-21-7-6-16(13-24)12-19(21)23/h2-7,12,14H,8-11,13,15,24H2,1H3. The molecular formula is C23H25N3O2. The predicted molar refractivity (Wildman–Crippen MR) is 110 cm³/mol. The van der Waals surface area contributed by atoms with Gasteiger partial charge in [0.05, 0.1) is 12.2 Å². The van der Waals surface area contributed by atoms with Crippen molar-refractivity contribution < 1.29 is 9.53 Å². The average Bonchev–Trinajstić information content (AvgIpc) is 3.26. The summed E-state index contributed by atoms with van der Waals surface area (Å²) in [6.07, 6.45) is 3.80. The second-order valence-electron chi connectivity index (χ2n) is 8.07. The summed E-state index contributed by atoms with van der Waals surface area (Å²) in [5, 5.41) is 1.03. The van der Waals surface area contributed by atoms with Crippen LogP contribution >= 0.6 is 0 Å². The molecule has 2 N–H and O–H groups in total. The van der Waals surface area contributed by atoms with Gasteiger partial charge in [0.2, 0.25) is 0 Å². The molecule has 1 spiro atoms. The molecule has 2 aliphatic heterocycles. The summed E-state index contributed by atoms with van der Waals surface area (Å²) >= 11 is 0. The van der Waals surface area contributed by atoms with Gasteiger partial charge in [-0.15, -0.1) is 0 Å². The first kappa shape index (κ1) is 17.3. The van der Waals surface area contributed by atoms with Gasteiger partial charge in [0.15, 0.2) is 0 Å². The van der Waals surface area contributed by atoms with Crippen LogP contribution in [0.1, 0.15) is 34.3 Å². The molecule has 0 bridgehead atoms. The molecule has 5 nitrogen and oxygen atoms in total. The molecule has 0 atom stereocenters. The normalized spacial score (nSPS) is 17.7. The van der Waals surface area contributed by atoms with E-state index in [1.165, 1.54) is 5.56 Å². The van der Waals surface area contributed by atoms with Gasteiger partial charge in [0, 0.05) is 54.8 Å². The van der Waals surface area contributed by atoms with E-state index in [1.807, 2.05) is 53.0 Å². The van der Waals surface area contributed by atoms with E-state index in [0.29, 0.717) is 13.2 Å². The highest BCUT2D eigenvalue weighted by Crippen LogP contribution is 2.46. The smallest absolute Gasteiger partial charge is 0.256 e. The number of piperidine rings is 1. The molecule has 0 aliphatic carbocycles. The zero-order valence-corrected chi connectivity index (χ0v) is 16.1. The van der Waals surface area contributed by atoms with E-state index in [0.717, 1.165) is 53.7 Å². The maximum Gasteiger partial charge on any atom is 0.256 e. The number of carbonyl (C=O) groups is 1. The van der Waals surface area contributed by atoms with Gasteiger partial charge in [-0.05, 0) is 30.5 Å². The van der Waals surface area contributed by atoms with Crippen molar-refractivity contribution in [3.8, 4) is 5.75 Å². The van der Waals surface area contributed by atoms with Gasteiger partial charge >= 0.3 is 0 Å². The number of aryl methyl sites for hydroxylation is 1. The molecule has 0 saturated carbocycles. The van der Waals surface area contributed by atoms with Crippen LogP contribution in [-0.4, -0.2) is 35.1 Å². The number of aromatic nitrogens is 1. The Hall–Kier alpha value is -2.79. The Morgan fingerprint density at radius 3 is 2.75 bits per heavy atom. The molecule has 144 valence electrons. The Morgan fingerprint density at radius 1 is 1.18 bits per heavy atom. The summed E-state index contributed by atoms with van der Waals surface area (Å²) in [5.74, 6) is 1.10. The first-order valence-electron chi connectivity index (χ1n) is 9.91. The number of hydrogen-bond acceptors (Lipinski definition) is 3. The van der Waals surface area contributed by atoms with Crippen LogP contribution in [0.3, 0.4) is 0 Å². The Labute approximate surface area is 164 Å². The molecule has 28 heavy (non-hydrogen) atoms. The summed E-state index contributed by atoms with van der Waals surface area (Å²) in [4.78, 5) is 15.2. The number of ether oxygens (including phenoxy) is 1. The van der Waals surface area contributed by atoms with Crippen LogP contribution in [-0.2, 0) is 19.0 Å². The van der Waals surface area contributed by atoms with Crippen LogP contribution < -0.4 is 10.5 Å². The molecule has 2 aliphatic rings. The molecule has 2 aromatic carbocycles. The number of amides is 1. The van der Waals surface area contributed by atoms with Crippen molar-refractivity contribution in [2.75, 3.05) is 19.7 Å². The molecule has 3 aromatic rings. The summed E-state index contributed by atoms with van der Waals surface area (Å²) in [7, 11) is 1.99. The van der Waals surface area contributed by atoms with Crippen molar-refractivity contribution in [2.24, 2.45) is 12.8 Å². The van der Waals surface area contributed by atoms with Gasteiger partial charge in [-0.25, -0.2) is 0 Å². The molecule has 1 amide bonds. The highest BCUT2D eigenvalue weighted by atomic mass is 16.5. The van der Waals surface area contributed by atoms with E-state index in [2.05, 4.69) is 12.1 Å². The quantitative estimate of drug-likeness (QED) is 0.748. The van der Waals surface area contributed by atoms with Gasteiger partial charge in [-0.1, -0.05) is 30.3 Å². The van der Waals surface area contributed by atoms with Crippen molar-refractivity contribution in [1.82, 2.24) is 9.47 Å². The Bertz CT molecular complexity index is 1060. The van der Waals surface area contributed by atoms with Crippen molar-refractivity contribution >= 4 is 16.8 Å². The maximum absolute atomic E-state index is 13.2. The molecule has 0 radical (unpaired) electrons. The van der Waals surface area contributed by atoms with Crippen LogP contribution in [0.4, 0.5) is 0 Å². The van der Waals surface area contributed by atoms with E-state index in [9.17, 15) is 4.79 Å². The minimum atomic E-state index is 0.00997. The SMILES string of the molecule is Cn1cc(C(=O)N2CCC3(CC2)COc2ccc(CN)cc23)c2ccccc21. The summed E-state index contributed by atoms with van der Waals surface area (Å²) in [6, 6.07) is 14.4. The van der Waals surface area contributed by atoms with E-state index in [-0.39, 0.29) is 11.3 Å². The van der Waals surface area contributed by atoms with Crippen molar-refractivity contribution in [3.05, 3.63) is 65.4 Å². The van der Waals surface area contributed by atoms with Gasteiger partial charge in [0.1, 0.15) is 5.75 Å². The Kier molecular flexibility index (Phi) is 3.95. The lowest BCUT2D eigenvalue weighted by Gasteiger charge is -2.38. The van der Waals surface area contributed by atoms with Crippen molar-refractivity contribution in [2.45, 2.75) is 24.8 Å². The van der Waals surface area contributed by atoms with Crippen LogP contribution in [0.2, 0.25) is 0 Å². The molecule has 1 saturated heterocycles. The van der Waals surface area contributed by atoms with E-state index >= 15 is 0 Å². The van der Waals surface area contributed by atoms with Gasteiger partial charge in [-0.3, -0.25) is 4.79 Å². The van der Waals surface area contributed by atoms with E-state index in [1.54, 1.807) is 0 Å². The fourth-order valence-electron chi connectivity index (χ4n) is 4.77. The lowest BCUT2D eigenvalue weighted by atomic mass is 9.74. The minimum absolute atomic E-state index is 0.00997. The Balaban J connectivity index is 1.39. The number of nitrogens with two attached hydrogens (primary N) is 1. The number of para-hydroxylation sites is 1. The first-order valence-corrected chi connectivity index (χ1v) is 9.91. The number of hydrogen-bond donors (Lipinski definition) is 1. The minimum Gasteiger partial charge on any atom is -0.492 e. The zero-order chi connectivity index (χ0) is 19.3. The van der Waals surface area contributed by atoms with E-state index in [4.69, 9.17) is 10.5 Å². The topological polar surface area (TPSA) is 60.5 Å². The fourth-order valence-corrected chi connectivity index (χ4v) is 4.77. The monoisotopic (exact) mass is 375 g/mol. The molecule has 5 rings (SSSR count). The molecule has 1 aromatic heterocycles. The third-order valence-electron chi connectivity index (χ3n) is 6.49. The highest BCUT2D eigenvalue weighted by Gasteiger charge is 2.44. The molecule has 3 heterocycles. The number of rotatable bonds is 2. The van der Waals surface area contributed by atoms with E-state index < -0.39 is 0 Å². The molecule has 5 heteroatoms. The number of benzene rings is 2. The zero-order valence-electron chi connectivity index (χ0n) is 16.1. The molecule has 0 unspecified atom stereocenters. The van der Waals surface area contributed by atoms with Crippen LogP contribution in [0.25, 0.3) is 10.9 Å². The second-order valence-corrected chi connectivity index (χ2v) is 8.07. The van der Waals surface area contributed by atoms with Gasteiger partial charge in [-0.2, -0.15) is 0 Å². The lowest BCUT2D eigenvalue weighted by molar-refractivity contribution is 0.0648.